The number of nitrogens with zero attached hydrogens (tertiary/aromatic N) is 4. The van der Waals surface area contributed by atoms with Crippen LogP contribution in [0.4, 0.5) is 10.1 Å². The fourth-order valence-corrected chi connectivity index (χ4v) is 3.95. The van der Waals surface area contributed by atoms with Crippen molar-refractivity contribution >= 4 is 39.4 Å². The molecule has 8 nitrogen and oxygen atoms in total. The Kier molecular flexibility index (Phi) is 4.29. The fourth-order valence-electron chi connectivity index (χ4n) is 3.63. The zero-order valence-electron chi connectivity index (χ0n) is 15.6. The van der Waals surface area contributed by atoms with Gasteiger partial charge in [-0.3, -0.25) is 9.48 Å². The molecular formula is C19H18ClFN6O2. The predicted octanol–water partition coefficient (Wildman–Crippen LogP) is 2.92. The molecule has 0 bridgehead atoms. The molecule has 1 aromatic carbocycles. The number of imidazole rings is 1. The van der Waals surface area contributed by atoms with Gasteiger partial charge in [0, 0.05) is 31.5 Å². The van der Waals surface area contributed by atoms with E-state index in [0.717, 1.165) is 5.69 Å². The van der Waals surface area contributed by atoms with E-state index in [1.807, 2.05) is 13.0 Å². The van der Waals surface area contributed by atoms with Crippen molar-refractivity contribution in [2.75, 3.05) is 31.2 Å². The third kappa shape index (κ3) is 2.97. The van der Waals surface area contributed by atoms with Crippen LogP contribution < -0.4 is 10.5 Å². The highest BCUT2D eigenvalue weighted by Crippen LogP contribution is 2.31. The van der Waals surface area contributed by atoms with Crippen molar-refractivity contribution in [2.45, 2.75) is 13.5 Å². The number of pyridine rings is 1. The summed E-state index contributed by atoms with van der Waals surface area (Å²) in [5.41, 5.74) is 2.14. The van der Waals surface area contributed by atoms with Crippen molar-refractivity contribution in [1.82, 2.24) is 24.7 Å². The fraction of sp³-hybridized carbons (Fsp3) is 0.316. The number of hydrogen-bond donors (Lipinski definition) is 2. The summed E-state index contributed by atoms with van der Waals surface area (Å²) in [6.07, 6.45) is 1.72. The Bertz CT molecular complexity index is 1290. The van der Waals surface area contributed by atoms with Crippen LogP contribution in [0.5, 0.6) is 0 Å². The van der Waals surface area contributed by atoms with Gasteiger partial charge < -0.3 is 19.6 Å². The molecule has 0 aliphatic carbocycles. The first-order valence-corrected chi connectivity index (χ1v) is 9.74. The standard InChI is InChI=1S/C19H18ClFN6O2/c1-2-27-9-13-17(25-27)15(20)14(19(28)23-13)18-22-12-8-10(7-11(21)16(12)24-18)26-3-5-29-6-4-26/h7-9H,2-6H2,1H3,(H,22,24)(H,23,28). The molecule has 0 atom stereocenters. The second-order valence-electron chi connectivity index (χ2n) is 6.90. The number of hydrogen-bond acceptors (Lipinski definition) is 5. The Hall–Kier alpha value is -2.91. The minimum absolute atomic E-state index is 0.143. The molecular weight excluding hydrogens is 399 g/mol. The number of fused-ring (bicyclic) bond motifs is 2. The molecule has 2 N–H and O–H groups in total. The van der Waals surface area contributed by atoms with E-state index < -0.39 is 11.4 Å². The third-order valence-electron chi connectivity index (χ3n) is 5.13. The minimum atomic E-state index is -0.463. The Balaban J connectivity index is 1.65. The summed E-state index contributed by atoms with van der Waals surface area (Å²) in [5.74, 6) is -0.257. The van der Waals surface area contributed by atoms with Crippen molar-refractivity contribution in [3.63, 3.8) is 0 Å². The van der Waals surface area contributed by atoms with Crippen LogP contribution in [0.3, 0.4) is 0 Å². The molecule has 0 spiro atoms. The van der Waals surface area contributed by atoms with Crippen LogP contribution in [0, 0.1) is 5.82 Å². The molecule has 0 unspecified atom stereocenters. The number of anilines is 1. The molecule has 4 aromatic rings. The van der Waals surface area contributed by atoms with E-state index >= 15 is 0 Å². The number of benzene rings is 1. The lowest BCUT2D eigenvalue weighted by molar-refractivity contribution is 0.122. The van der Waals surface area contributed by atoms with E-state index in [1.54, 1.807) is 10.9 Å². The van der Waals surface area contributed by atoms with Crippen molar-refractivity contribution in [1.29, 1.82) is 0 Å². The van der Waals surface area contributed by atoms with Gasteiger partial charge in [-0.05, 0) is 19.1 Å². The maximum absolute atomic E-state index is 14.8. The van der Waals surface area contributed by atoms with E-state index in [0.29, 0.717) is 49.4 Å². The largest absolute Gasteiger partial charge is 0.378 e. The average molecular weight is 417 g/mol. The van der Waals surface area contributed by atoms with E-state index in [1.165, 1.54) is 6.07 Å². The Morgan fingerprint density at radius 3 is 2.76 bits per heavy atom. The number of halogens is 2. The summed E-state index contributed by atoms with van der Waals surface area (Å²) in [6.45, 7) is 5.16. The van der Waals surface area contributed by atoms with Crippen LogP contribution >= 0.6 is 11.6 Å². The second kappa shape index (κ2) is 6.85. The summed E-state index contributed by atoms with van der Waals surface area (Å²) in [6, 6.07) is 3.28. The lowest BCUT2D eigenvalue weighted by Gasteiger charge is -2.28. The molecule has 4 heterocycles. The van der Waals surface area contributed by atoms with Gasteiger partial charge in [0.15, 0.2) is 5.82 Å². The topological polar surface area (TPSA) is 91.8 Å². The van der Waals surface area contributed by atoms with Gasteiger partial charge in [0.05, 0.1) is 29.3 Å². The molecule has 150 valence electrons. The van der Waals surface area contributed by atoms with Gasteiger partial charge in [-0.2, -0.15) is 5.10 Å². The van der Waals surface area contributed by atoms with Crippen LogP contribution in [0.25, 0.3) is 33.5 Å². The number of ether oxygens (including phenoxy) is 1. The quantitative estimate of drug-likeness (QED) is 0.535. The Morgan fingerprint density at radius 1 is 1.21 bits per heavy atom. The van der Waals surface area contributed by atoms with Crippen molar-refractivity contribution < 1.29 is 9.13 Å². The normalized spacial score (nSPS) is 14.9. The first-order valence-electron chi connectivity index (χ1n) is 9.36. The lowest BCUT2D eigenvalue weighted by Crippen LogP contribution is -2.36. The SMILES string of the molecule is CCn1cc2[nH]c(=O)c(-c3nc4c(F)cc(N5CCOCC5)cc4[nH]3)c(Cl)c2n1. The van der Waals surface area contributed by atoms with Crippen molar-refractivity contribution in [2.24, 2.45) is 0 Å². The Labute approximate surface area is 169 Å². The van der Waals surface area contributed by atoms with Gasteiger partial charge in [-0.25, -0.2) is 9.37 Å². The molecule has 1 aliphatic rings. The van der Waals surface area contributed by atoms with E-state index in [2.05, 4.69) is 25.0 Å². The zero-order chi connectivity index (χ0) is 20.1. The van der Waals surface area contributed by atoms with Crippen molar-refractivity contribution in [3.8, 4) is 11.4 Å². The second-order valence-corrected chi connectivity index (χ2v) is 7.28. The van der Waals surface area contributed by atoms with Gasteiger partial charge in [0.1, 0.15) is 22.4 Å². The average Bonchev–Trinajstić information content (AvgIpc) is 3.33. The lowest BCUT2D eigenvalue weighted by atomic mass is 10.2. The van der Waals surface area contributed by atoms with Gasteiger partial charge in [-0.1, -0.05) is 11.6 Å². The number of aryl methyl sites for hydroxylation is 1. The molecule has 10 heteroatoms. The monoisotopic (exact) mass is 416 g/mol. The molecule has 29 heavy (non-hydrogen) atoms. The van der Waals surface area contributed by atoms with Crippen LogP contribution in [0.15, 0.2) is 23.1 Å². The summed E-state index contributed by atoms with van der Waals surface area (Å²) in [7, 11) is 0. The predicted molar refractivity (Wildman–Crippen MR) is 109 cm³/mol. The molecule has 3 aromatic heterocycles. The van der Waals surface area contributed by atoms with Gasteiger partial charge in [0.2, 0.25) is 0 Å². The highest BCUT2D eigenvalue weighted by molar-refractivity contribution is 6.37. The first-order chi connectivity index (χ1) is 14.0. The smallest absolute Gasteiger partial charge is 0.261 e. The number of aromatic nitrogens is 5. The van der Waals surface area contributed by atoms with Gasteiger partial charge in [0.25, 0.3) is 5.56 Å². The van der Waals surface area contributed by atoms with E-state index in [4.69, 9.17) is 16.3 Å². The number of H-pyrrole nitrogens is 2. The summed E-state index contributed by atoms with van der Waals surface area (Å²) in [5, 5.41) is 4.57. The molecule has 1 saturated heterocycles. The van der Waals surface area contributed by atoms with Crippen LogP contribution in [-0.2, 0) is 11.3 Å². The van der Waals surface area contributed by atoms with Gasteiger partial charge >= 0.3 is 0 Å². The number of rotatable bonds is 3. The highest BCUT2D eigenvalue weighted by atomic mass is 35.5. The molecule has 0 saturated carbocycles. The Morgan fingerprint density at radius 2 is 2.00 bits per heavy atom. The van der Waals surface area contributed by atoms with Crippen LogP contribution in [0.2, 0.25) is 5.02 Å². The summed E-state index contributed by atoms with van der Waals surface area (Å²) >= 11 is 6.50. The van der Waals surface area contributed by atoms with Crippen LogP contribution in [-0.4, -0.2) is 51.0 Å². The van der Waals surface area contributed by atoms with Gasteiger partial charge in [-0.15, -0.1) is 0 Å². The molecule has 5 rings (SSSR count). The summed E-state index contributed by atoms with van der Waals surface area (Å²) < 4.78 is 21.8. The molecule has 1 fully saturated rings. The molecule has 1 aliphatic heterocycles. The van der Waals surface area contributed by atoms with Crippen LogP contribution in [0.1, 0.15) is 6.92 Å². The number of morpholine rings is 1. The number of aromatic amines is 2. The molecule has 0 amide bonds. The summed E-state index contributed by atoms with van der Waals surface area (Å²) in [4.78, 5) is 24.9. The van der Waals surface area contributed by atoms with E-state index in [9.17, 15) is 9.18 Å². The number of nitrogens with one attached hydrogen (secondary N) is 2. The van der Waals surface area contributed by atoms with Crippen molar-refractivity contribution in [3.05, 3.63) is 39.5 Å². The zero-order valence-corrected chi connectivity index (χ0v) is 16.4. The molecule has 0 radical (unpaired) electrons. The minimum Gasteiger partial charge on any atom is -0.378 e. The maximum Gasteiger partial charge on any atom is 0.261 e. The third-order valence-corrected chi connectivity index (χ3v) is 5.49. The van der Waals surface area contributed by atoms with E-state index in [-0.39, 0.29) is 21.9 Å². The maximum atomic E-state index is 14.8. The first kappa shape index (κ1) is 18.1. The highest BCUT2D eigenvalue weighted by Gasteiger charge is 2.21.